The van der Waals surface area contributed by atoms with Crippen molar-refractivity contribution in [1.29, 1.82) is 0 Å². The van der Waals surface area contributed by atoms with E-state index in [2.05, 4.69) is 33.3 Å². The number of hydrogen-bond acceptors (Lipinski definition) is 7. The molecule has 1 saturated carbocycles. The summed E-state index contributed by atoms with van der Waals surface area (Å²) in [6, 6.07) is 10.1. The number of piperidine rings is 1. The number of carboxylic acid groups (broad SMARTS) is 1. The third-order valence-corrected chi connectivity index (χ3v) is 8.04. The van der Waals surface area contributed by atoms with E-state index < -0.39 is 17.6 Å². The summed E-state index contributed by atoms with van der Waals surface area (Å²) in [5, 5.41) is 9.57. The molecule has 1 saturated heterocycles. The SMILES string of the molecule is C[C@H](Cn1c(CN2CCC(Oc3cc[nH+]c(COc4ccc(F)cc4F)n3)C[C@@H]2C)nc2ccc(C(=O)O)cc21)OC1CC1. The number of aromatic nitrogens is 4. The lowest BCUT2D eigenvalue weighted by Crippen LogP contribution is -2.44. The van der Waals surface area contributed by atoms with Crippen LogP contribution in [0.2, 0.25) is 0 Å². The second-order valence-electron chi connectivity index (χ2n) is 11.6. The Morgan fingerprint density at radius 3 is 2.70 bits per heavy atom. The summed E-state index contributed by atoms with van der Waals surface area (Å²) in [5.74, 6) is -0.713. The first-order valence-corrected chi connectivity index (χ1v) is 15.0. The van der Waals surface area contributed by atoms with E-state index >= 15 is 0 Å². The molecule has 6 rings (SSSR count). The second-order valence-corrected chi connectivity index (χ2v) is 11.6. The molecule has 44 heavy (non-hydrogen) atoms. The molecule has 0 bridgehead atoms. The van der Waals surface area contributed by atoms with Crippen molar-refractivity contribution in [3.05, 3.63) is 77.5 Å². The van der Waals surface area contributed by atoms with Crippen LogP contribution >= 0.6 is 0 Å². The molecule has 2 fully saturated rings. The third-order valence-electron chi connectivity index (χ3n) is 8.04. The molecule has 2 aliphatic rings. The Morgan fingerprint density at radius 1 is 1.11 bits per heavy atom. The summed E-state index contributed by atoms with van der Waals surface area (Å²) in [7, 11) is 0. The highest BCUT2D eigenvalue weighted by Crippen LogP contribution is 2.28. The van der Waals surface area contributed by atoms with Gasteiger partial charge in [-0.3, -0.25) is 4.90 Å². The average Bonchev–Trinajstić information content (AvgIpc) is 3.74. The lowest BCUT2D eigenvalue weighted by Gasteiger charge is -2.37. The van der Waals surface area contributed by atoms with Crippen LogP contribution in [0.5, 0.6) is 11.6 Å². The minimum absolute atomic E-state index is 0.0238. The number of nitrogens with one attached hydrogen (secondary N) is 1. The number of carbonyl (C=O) groups is 1. The Kier molecular flexibility index (Phi) is 8.72. The number of aromatic amines is 1. The Morgan fingerprint density at radius 2 is 1.95 bits per heavy atom. The van der Waals surface area contributed by atoms with Crippen LogP contribution in [0, 0.1) is 11.6 Å². The van der Waals surface area contributed by atoms with Crippen molar-refractivity contribution in [1.82, 2.24) is 19.4 Å². The highest BCUT2D eigenvalue weighted by molar-refractivity contribution is 5.92. The number of rotatable bonds is 12. The van der Waals surface area contributed by atoms with Gasteiger partial charge in [-0.05, 0) is 74.8 Å². The maximum atomic E-state index is 13.9. The minimum atomic E-state index is -0.966. The van der Waals surface area contributed by atoms with Crippen LogP contribution in [0.4, 0.5) is 8.78 Å². The van der Waals surface area contributed by atoms with Crippen LogP contribution in [0.3, 0.4) is 0 Å². The van der Waals surface area contributed by atoms with Gasteiger partial charge in [0.1, 0.15) is 17.7 Å². The van der Waals surface area contributed by atoms with Crippen LogP contribution in [-0.2, 0) is 24.4 Å². The van der Waals surface area contributed by atoms with E-state index in [0.717, 1.165) is 61.2 Å². The summed E-state index contributed by atoms with van der Waals surface area (Å²) in [6.45, 7) is 6.16. The molecule has 0 amide bonds. The van der Waals surface area contributed by atoms with Crippen molar-refractivity contribution in [3.8, 4) is 11.6 Å². The fraction of sp³-hybridized carbons (Fsp3) is 0.438. The number of imidazole rings is 1. The number of fused-ring (bicyclic) bond motifs is 1. The van der Waals surface area contributed by atoms with Gasteiger partial charge in [-0.2, -0.15) is 0 Å². The largest absolute Gasteiger partial charge is 0.478 e. The van der Waals surface area contributed by atoms with Crippen molar-refractivity contribution in [3.63, 3.8) is 0 Å². The standard InChI is InChI=1S/C32H35F2N5O5/c1-19-13-24(44-31-9-11-35-29(37-31)18-42-28-8-4-22(33)15-25(28)34)10-12-38(19)17-30-36-26-7-3-21(32(40)41)14-27(26)39(30)16-20(2)43-23-5-6-23/h3-4,7-9,11,14-15,19-20,23-24H,5-6,10,12-13,16-18H2,1-2H3,(H,40,41)/p+1/t19-,20+,24?/m0/s1. The molecule has 3 heterocycles. The van der Waals surface area contributed by atoms with Crippen molar-refractivity contribution < 1.29 is 37.9 Å². The van der Waals surface area contributed by atoms with Gasteiger partial charge in [0, 0.05) is 18.7 Å². The first-order chi connectivity index (χ1) is 21.2. The lowest BCUT2D eigenvalue weighted by molar-refractivity contribution is -0.400. The number of ether oxygens (including phenoxy) is 3. The van der Waals surface area contributed by atoms with Gasteiger partial charge in [-0.15, -0.1) is 0 Å². The number of H-pyrrole nitrogens is 1. The monoisotopic (exact) mass is 608 g/mol. The third kappa shape index (κ3) is 7.13. The molecule has 4 aromatic rings. The molecule has 1 unspecified atom stereocenters. The van der Waals surface area contributed by atoms with Crippen LogP contribution in [0.1, 0.15) is 61.5 Å². The molecule has 0 radical (unpaired) electrons. The maximum Gasteiger partial charge on any atom is 0.338 e. The zero-order valence-electron chi connectivity index (χ0n) is 24.7. The van der Waals surface area contributed by atoms with Crippen molar-refractivity contribution in [2.24, 2.45) is 0 Å². The average molecular weight is 609 g/mol. The minimum Gasteiger partial charge on any atom is -0.478 e. The van der Waals surface area contributed by atoms with E-state index in [0.29, 0.717) is 30.9 Å². The Labute approximate surface area is 253 Å². The molecule has 2 aromatic heterocycles. The highest BCUT2D eigenvalue weighted by Gasteiger charge is 2.30. The topological polar surface area (TPSA) is 113 Å². The number of carboxylic acids is 1. The summed E-state index contributed by atoms with van der Waals surface area (Å²) in [5.41, 5.74) is 1.80. The number of nitrogens with zero attached hydrogens (tertiary/aromatic N) is 4. The summed E-state index contributed by atoms with van der Waals surface area (Å²) in [4.78, 5) is 26.4. The van der Waals surface area contributed by atoms with E-state index in [9.17, 15) is 18.7 Å². The van der Waals surface area contributed by atoms with Crippen LogP contribution < -0.4 is 14.5 Å². The maximum absolute atomic E-state index is 13.9. The Hall–Kier alpha value is -4.16. The van der Waals surface area contributed by atoms with E-state index in [4.69, 9.17) is 19.2 Å². The summed E-state index contributed by atoms with van der Waals surface area (Å²) < 4.78 is 47.0. The van der Waals surface area contributed by atoms with Gasteiger partial charge in [-0.25, -0.2) is 23.5 Å². The van der Waals surface area contributed by atoms with Crippen molar-refractivity contribution in [2.45, 2.75) is 83.6 Å². The van der Waals surface area contributed by atoms with Crippen LogP contribution in [-0.4, -0.2) is 61.4 Å². The number of benzene rings is 2. The van der Waals surface area contributed by atoms with Gasteiger partial charge >= 0.3 is 17.7 Å². The summed E-state index contributed by atoms with van der Waals surface area (Å²) >= 11 is 0. The predicted octanol–water partition coefficient (Wildman–Crippen LogP) is 4.80. The van der Waals surface area contributed by atoms with E-state index in [1.165, 1.54) is 6.07 Å². The molecule has 10 nitrogen and oxygen atoms in total. The molecule has 1 aliphatic carbocycles. The molecule has 2 aromatic carbocycles. The number of aromatic carboxylic acids is 1. The smallest absolute Gasteiger partial charge is 0.338 e. The van der Waals surface area contributed by atoms with Crippen molar-refractivity contribution >= 4 is 17.0 Å². The number of halogens is 2. The van der Waals surface area contributed by atoms with E-state index in [-0.39, 0.29) is 36.2 Å². The molecule has 2 N–H and O–H groups in total. The molecule has 0 spiro atoms. The second kappa shape index (κ2) is 12.8. The number of hydrogen-bond donors (Lipinski definition) is 1. The van der Waals surface area contributed by atoms with Crippen LogP contribution in [0.25, 0.3) is 11.0 Å². The zero-order chi connectivity index (χ0) is 30.8. The normalized spacial score (nSPS) is 19.6. The fourth-order valence-electron chi connectivity index (χ4n) is 5.62. The molecule has 3 atom stereocenters. The van der Waals surface area contributed by atoms with Crippen LogP contribution in [0.15, 0.2) is 48.7 Å². The Balaban J connectivity index is 1.10. The van der Waals surface area contributed by atoms with Gasteiger partial charge in [0.15, 0.2) is 18.2 Å². The van der Waals surface area contributed by atoms with Gasteiger partial charge in [-0.1, -0.05) is 0 Å². The first kappa shape index (κ1) is 29.9. The van der Waals surface area contributed by atoms with Gasteiger partial charge in [0.25, 0.3) is 0 Å². The van der Waals surface area contributed by atoms with E-state index in [1.807, 2.05) is 0 Å². The molecule has 232 valence electrons. The number of likely N-dealkylation sites (tertiary alicyclic amines) is 1. The zero-order valence-corrected chi connectivity index (χ0v) is 24.7. The summed E-state index contributed by atoms with van der Waals surface area (Å²) in [6.07, 6.45) is 5.65. The first-order valence-electron chi connectivity index (χ1n) is 15.0. The van der Waals surface area contributed by atoms with Crippen molar-refractivity contribution in [2.75, 3.05) is 6.54 Å². The molecular formula is C32H36F2N5O5+. The van der Waals surface area contributed by atoms with Gasteiger partial charge in [0.05, 0.1) is 54.2 Å². The molecule has 12 heteroatoms. The Bertz CT molecular complexity index is 1640. The van der Waals surface area contributed by atoms with Gasteiger partial charge < -0.3 is 23.9 Å². The molecular weight excluding hydrogens is 572 g/mol. The lowest BCUT2D eigenvalue weighted by atomic mass is 10.0. The highest BCUT2D eigenvalue weighted by atomic mass is 19.1. The molecule has 1 aliphatic heterocycles. The van der Waals surface area contributed by atoms with E-state index in [1.54, 1.807) is 30.5 Å². The van der Waals surface area contributed by atoms with Gasteiger partial charge in [0.2, 0.25) is 0 Å². The fourth-order valence-corrected chi connectivity index (χ4v) is 5.62. The quantitative estimate of drug-likeness (QED) is 0.244. The predicted molar refractivity (Wildman–Crippen MR) is 155 cm³/mol.